The summed E-state index contributed by atoms with van der Waals surface area (Å²) >= 11 is 1.69. The second kappa shape index (κ2) is 8.05. The van der Waals surface area contributed by atoms with Crippen molar-refractivity contribution in [3.63, 3.8) is 0 Å². The molecular formula is C7H14OS. The summed E-state index contributed by atoms with van der Waals surface area (Å²) in [5, 5.41) is 2.04. The van der Waals surface area contributed by atoms with Crippen molar-refractivity contribution in [1.82, 2.24) is 0 Å². The van der Waals surface area contributed by atoms with Gasteiger partial charge in [0.25, 0.3) is 0 Å². The smallest absolute Gasteiger partial charge is 0.0960 e. The molecule has 0 aromatic heterocycles. The lowest BCUT2D eigenvalue weighted by atomic mass is 10.5. The fraction of sp³-hybridized carbons (Fsp3) is 0.714. The van der Waals surface area contributed by atoms with Crippen LogP contribution in [0.3, 0.4) is 0 Å². The molecule has 0 amide bonds. The zero-order chi connectivity index (χ0) is 6.95. The standard InChI is InChI=1S/C7H14OS/c1-3-5-8-7-9-6-4-2/h4,6H,3,5,7H2,1-2H3/b6-4-. The lowest BCUT2D eigenvalue weighted by Crippen LogP contribution is -1.89. The fourth-order valence-electron chi connectivity index (χ4n) is 0.387. The molecule has 0 aliphatic heterocycles. The average Bonchev–Trinajstić information content (AvgIpc) is 1.89. The van der Waals surface area contributed by atoms with Crippen molar-refractivity contribution in [2.45, 2.75) is 20.3 Å². The maximum absolute atomic E-state index is 5.20. The largest absolute Gasteiger partial charge is 0.371 e. The van der Waals surface area contributed by atoms with Gasteiger partial charge in [-0.15, -0.1) is 11.8 Å². The zero-order valence-electron chi connectivity index (χ0n) is 6.09. The molecule has 0 aliphatic rings. The summed E-state index contributed by atoms with van der Waals surface area (Å²) < 4.78 is 5.20. The Hall–Kier alpha value is 0.0500. The van der Waals surface area contributed by atoms with Crippen LogP contribution in [-0.2, 0) is 4.74 Å². The van der Waals surface area contributed by atoms with E-state index >= 15 is 0 Å². The Morgan fingerprint density at radius 2 is 2.33 bits per heavy atom. The molecule has 0 rings (SSSR count). The van der Waals surface area contributed by atoms with E-state index in [-0.39, 0.29) is 0 Å². The molecule has 0 saturated carbocycles. The van der Waals surface area contributed by atoms with Crippen LogP contribution < -0.4 is 0 Å². The van der Waals surface area contributed by atoms with Crippen molar-refractivity contribution in [3.05, 3.63) is 11.5 Å². The maximum Gasteiger partial charge on any atom is 0.0960 e. The molecule has 0 spiro atoms. The summed E-state index contributed by atoms with van der Waals surface area (Å²) in [5.41, 5.74) is 0. The topological polar surface area (TPSA) is 9.23 Å². The van der Waals surface area contributed by atoms with Gasteiger partial charge >= 0.3 is 0 Å². The Balaban J connectivity index is 2.75. The predicted octanol–water partition coefficient (Wildman–Crippen LogP) is 2.64. The van der Waals surface area contributed by atoms with Crippen molar-refractivity contribution in [1.29, 1.82) is 0 Å². The molecular weight excluding hydrogens is 132 g/mol. The van der Waals surface area contributed by atoms with E-state index in [4.69, 9.17) is 4.74 Å². The summed E-state index contributed by atoms with van der Waals surface area (Å²) in [6, 6.07) is 0. The normalized spacial score (nSPS) is 10.9. The minimum absolute atomic E-state index is 0.790. The molecule has 0 bridgehead atoms. The Kier molecular flexibility index (Phi) is 8.09. The van der Waals surface area contributed by atoms with Gasteiger partial charge in [0.1, 0.15) is 0 Å². The number of allylic oxidation sites excluding steroid dienone is 1. The number of hydrogen-bond acceptors (Lipinski definition) is 2. The third-order valence-electron chi connectivity index (χ3n) is 0.732. The van der Waals surface area contributed by atoms with Crippen molar-refractivity contribution in [2.24, 2.45) is 0 Å². The van der Waals surface area contributed by atoms with Gasteiger partial charge in [-0.2, -0.15) is 0 Å². The summed E-state index contributed by atoms with van der Waals surface area (Å²) in [4.78, 5) is 0. The highest BCUT2D eigenvalue weighted by Gasteiger charge is 1.80. The quantitative estimate of drug-likeness (QED) is 0.435. The molecule has 0 aliphatic carbocycles. The molecule has 0 aromatic rings. The van der Waals surface area contributed by atoms with E-state index in [2.05, 4.69) is 6.92 Å². The third kappa shape index (κ3) is 8.05. The molecule has 0 fully saturated rings. The van der Waals surface area contributed by atoms with E-state index in [1.807, 2.05) is 18.4 Å². The molecule has 0 radical (unpaired) electrons. The number of thioether (sulfide) groups is 1. The van der Waals surface area contributed by atoms with Gasteiger partial charge in [-0.05, 0) is 18.8 Å². The molecule has 54 valence electrons. The average molecular weight is 146 g/mol. The van der Waals surface area contributed by atoms with E-state index in [0.717, 1.165) is 19.0 Å². The van der Waals surface area contributed by atoms with Crippen LogP contribution in [0, 0.1) is 0 Å². The predicted molar refractivity (Wildman–Crippen MR) is 43.5 cm³/mol. The first kappa shape index (κ1) is 9.05. The van der Waals surface area contributed by atoms with Gasteiger partial charge < -0.3 is 4.74 Å². The highest BCUT2D eigenvalue weighted by Crippen LogP contribution is 2.01. The summed E-state index contributed by atoms with van der Waals surface area (Å²) in [6.07, 6.45) is 3.12. The molecule has 9 heavy (non-hydrogen) atoms. The summed E-state index contributed by atoms with van der Waals surface area (Å²) in [5.74, 6) is 0.790. The highest BCUT2D eigenvalue weighted by atomic mass is 32.2. The SMILES string of the molecule is C/C=C\SCOCCC. The zero-order valence-corrected chi connectivity index (χ0v) is 6.91. The minimum atomic E-state index is 0.790. The molecule has 1 nitrogen and oxygen atoms in total. The molecule has 2 heteroatoms. The van der Waals surface area contributed by atoms with Crippen LogP contribution in [-0.4, -0.2) is 12.5 Å². The lowest BCUT2D eigenvalue weighted by Gasteiger charge is -1.96. The number of ether oxygens (including phenoxy) is 1. The second-order valence-electron chi connectivity index (χ2n) is 1.66. The summed E-state index contributed by atoms with van der Waals surface area (Å²) in [7, 11) is 0. The van der Waals surface area contributed by atoms with Gasteiger partial charge in [0, 0.05) is 6.61 Å². The minimum Gasteiger partial charge on any atom is -0.371 e. The van der Waals surface area contributed by atoms with Crippen LogP contribution in [0.15, 0.2) is 11.5 Å². The maximum atomic E-state index is 5.20. The van der Waals surface area contributed by atoms with Crippen molar-refractivity contribution in [2.75, 3.05) is 12.5 Å². The molecule has 0 atom stereocenters. The molecule has 0 aromatic carbocycles. The van der Waals surface area contributed by atoms with Gasteiger partial charge in [0.2, 0.25) is 0 Å². The molecule has 0 unspecified atom stereocenters. The van der Waals surface area contributed by atoms with E-state index in [9.17, 15) is 0 Å². The van der Waals surface area contributed by atoms with Gasteiger partial charge in [-0.3, -0.25) is 0 Å². The van der Waals surface area contributed by atoms with Gasteiger partial charge in [-0.25, -0.2) is 0 Å². The Bertz CT molecular complexity index is 71.3. The molecule has 0 heterocycles. The second-order valence-corrected chi connectivity index (χ2v) is 2.50. The van der Waals surface area contributed by atoms with Crippen molar-refractivity contribution in [3.8, 4) is 0 Å². The Morgan fingerprint density at radius 3 is 2.89 bits per heavy atom. The van der Waals surface area contributed by atoms with Crippen molar-refractivity contribution < 1.29 is 4.74 Å². The van der Waals surface area contributed by atoms with E-state index in [1.165, 1.54) is 0 Å². The van der Waals surface area contributed by atoms with E-state index < -0.39 is 0 Å². The highest BCUT2D eigenvalue weighted by molar-refractivity contribution is 8.01. The van der Waals surface area contributed by atoms with E-state index in [1.54, 1.807) is 11.8 Å². The first-order valence-electron chi connectivity index (χ1n) is 3.22. The Labute approximate surface area is 61.5 Å². The molecule has 0 saturated heterocycles. The van der Waals surface area contributed by atoms with Gasteiger partial charge in [0.15, 0.2) is 0 Å². The Morgan fingerprint density at radius 1 is 1.56 bits per heavy atom. The van der Waals surface area contributed by atoms with Crippen LogP contribution in [0.25, 0.3) is 0 Å². The first-order valence-corrected chi connectivity index (χ1v) is 4.27. The van der Waals surface area contributed by atoms with Crippen LogP contribution >= 0.6 is 11.8 Å². The van der Waals surface area contributed by atoms with Gasteiger partial charge in [-0.1, -0.05) is 13.0 Å². The van der Waals surface area contributed by atoms with Crippen LogP contribution in [0.5, 0.6) is 0 Å². The fourth-order valence-corrected chi connectivity index (χ4v) is 0.872. The monoisotopic (exact) mass is 146 g/mol. The number of rotatable bonds is 5. The van der Waals surface area contributed by atoms with Crippen LogP contribution in [0.1, 0.15) is 20.3 Å². The number of hydrogen-bond donors (Lipinski definition) is 0. The first-order chi connectivity index (χ1) is 4.41. The van der Waals surface area contributed by atoms with Crippen LogP contribution in [0.2, 0.25) is 0 Å². The summed E-state index contributed by atoms with van der Waals surface area (Å²) in [6.45, 7) is 5.00. The van der Waals surface area contributed by atoms with Crippen LogP contribution in [0.4, 0.5) is 0 Å². The lowest BCUT2D eigenvalue weighted by molar-refractivity contribution is 0.184. The third-order valence-corrected chi connectivity index (χ3v) is 1.50. The van der Waals surface area contributed by atoms with E-state index in [0.29, 0.717) is 0 Å². The van der Waals surface area contributed by atoms with Crippen molar-refractivity contribution >= 4 is 11.8 Å². The van der Waals surface area contributed by atoms with Gasteiger partial charge in [0.05, 0.1) is 5.94 Å². The molecule has 0 N–H and O–H groups in total.